The van der Waals surface area contributed by atoms with Crippen LogP contribution in [0.25, 0.3) is 0 Å². The number of thiophene rings is 1. The Morgan fingerprint density at radius 2 is 1.65 bits per heavy atom. The summed E-state index contributed by atoms with van der Waals surface area (Å²) < 4.78 is 38.7. The number of rotatable bonds is 2. The molecule has 2 aromatic rings. The molecular weight excluding hydrogens is 271 g/mol. The molecule has 17 heavy (non-hydrogen) atoms. The Labute approximate surface area is 106 Å². The van der Waals surface area contributed by atoms with Gasteiger partial charge in [0.1, 0.15) is 0 Å². The first kappa shape index (κ1) is 14.0. The molecule has 0 radical (unpaired) electrons. The van der Waals surface area contributed by atoms with Crippen LogP contribution in [-0.4, -0.2) is 0 Å². The minimum absolute atomic E-state index is 0. The zero-order valence-electron chi connectivity index (χ0n) is 8.49. The molecule has 1 aromatic heterocycles. The lowest BCUT2D eigenvalue weighted by atomic mass is 10.0. The van der Waals surface area contributed by atoms with Crippen molar-refractivity contribution in [1.82, 2.24) is 0 Å². The lowest BCUT2D eigenvalue weighted by Crippen LogP contribution is -2.12. The number of nitrogens with two attached hydrogens (primary N) is 1. The van der Waals surface area contributed by atoms with E-state index >= 15 is 0 Å². The Bertz CT molecular complexity index is 478. The number of benzene rings is 1. The predicted molar refractivity (Wildman–Crippen MR) is 63.9 cm³/mol. The van der Waals surface area contributed by atoms with Gasteiger partial charge in [-0.05, 0) is 40.1 Å². The van der Waals surface area contributed by atoms with Crippen molar-refractivity contribution < 1.29 is 13.2 Å². The van der Waals surface area contributed by atoms with Gasteiger partial charge >= 0.3 is 0 Å². The van der Waals surface area contributed by atoms with Gasteiger partial charge in [-0.25, -0.2) is 13.2 Å². The van der Waals surface area contributed by atoms with Crippen molar-refractivity contribution in [2.45, 2.75) is 6.04 Å². The third kappa shape index (κ3) is 2.80. The molecule has 2 rings (SSSR count). The van der Waals surface area contributed by atoms with Gasteiger partial charge in [0.25, 0.3) is 0 Å². The Hall–Kier alpha value is -1.04. The molecule has 92 valence electrons. The molecule has 0 fully saturated rings. The second-order valence-corrected chi connectivity index (χ2v) is 4.11. The van der Waals surface area contributed by atoms with Gasteiger partial charge in [0.2, 0.25) is 0 Å². The lowest BCUT2D eigenvalue weighted by Gasteiger charge is -2.11. The molecule has 1 aromatic carbocycles. The maximum atomic E-state index is 13.0. The maximum Gasteiger partial charge on any atom is 0.194 e. The molecular formula is C11H9ClF3NS. The van der Waals surface area contributed by atoms with Crippen LogP contribution in [0, 0.1) is 17.5 Å². The average molecular weight is 280 g/mol. The van der Waals surface area contributed by atoms with Gasteiger partial charge in [0.05, 0.1) is 6.04 Å². The van der Waals surface area contributed by atoms with Crippen LogP contribution >= 0.6 is 23.7 Å². The van der Waals surface area contributed by atoms with Crippen molar-refractivity contribution >= 4 is 23.7 Å². The summed E-state index contributed by atoms with van der Waals surface area (Å²) in [4.78, 5) is 0. The summed E-state index contributed by atoms with van der Waals surface area (Å²) in [6.45, 7) is 0. The third-order valence-electron chi connectivity index (χ3n) is 2.27. The molecule has 0 aliphatic heterocycles. The highest BCUT2D eigenvalue weighted by Crippen LogP contribution is 2.24. The van der Waals surface area contributed by atoms with E-state index in [1.807, 2.05) is 5.38 Å². The van der Waals surface area contributed by atoms with Gasteiger partial charge in [-0.3, -0.25) is 0 Å². The van der Waals surface area contributed by atoms with Crippen LogP contribution in [-0.2, 0) is 0 Å². The Balaban J connectivity index is 0.00000144. The molecule has 0 spiro atoms. The van der Waals surface area contributed by atoms with Crippen molar-refractivity contribution in [2.75, 3.05) is 0 Å². The average Bonchev–Trinajstić information content (AvgIpc) is 2.77. The minimum atomic E-state index is -1.47. The van der Waals surface area contributed by atoms with Crippen LogP contribution in [0.1, 0.15) is 17.2 Å². The first-order chi connectivity index (χ1) is 7.59. The monoisotopic (exact) mass is 279 g/mol. The SMILES string of the molecule is Cl.N[C@@H](c1ccsc1)c1cc(F)c(F)c(F)c1. The molecule has 0 bridgehead atoms. The highest BCUT2D eigenvalue weighted by molar-refractivity contribution is 7.08. The van der Waals surface area contributed by atoms with Crippen LogP contribution in [0.5, 0.6) is 0 Å². The molecule has 6 heteroatoms. The molecule has 1 heterocycles. The van der Waals surface area contributed by atoms with Crippen molar-refractivity contribution in [1.29, 1.82) is 0 Å². The van der Waals surface area contributed by atoms with Gasteiger partial charge in [-0.2, -0.15) is 11.3 Å². The Morgan fingerprint density at radius 1 is 1.06 bits per heavy atom. The van der Waals surface area contributed by atoms with E-state index in [1.165, 1.54) is 11.3 Å². The Morgan fingerprint density at radius 3 is 2.12 bits per heavy atom. The summed E-state index contributed by atoms with van der Waals surface area (Å²) in [5.74, 6) is -3.91. The van der Waals surface area contributed by atoms with Crippen LogP contribution in [0.4, 0.5) is 13.2 Å². The minimum Gasteiger partial charge on any atom is -0.320 e. The molecule has 0 amide bonds. The predicted octanol–water partition coefficient (Wildman–Crippen LogP) is 3.64. The number of hydrogen-bond donors (Lipinski definition) is 1. The second-order valence-electron chi connectivity index (χ2n) is 3.33. The van der Waals surface area contributed by atoms with E-state index < -0.39 is 23.5 Å². The molecule has 1 atom stereocenters. The van der Waals surface area contributed by atoms with Gasteiger partial charge in [-0.1, -0.05) is 0 Å². The Kier molecular flexibility index (Phi) is 4.56. The van der Waals surface area contributed by atoms with Gasteiger partial charge in [0, 0.05) is 0 Å². The van der Waals surface area contributed by atoms with Gasteiger partial charge < -0.3 is 5.73 Å². The van der Waals surface area contributed by atoms with Crippen LogP contribution in [0.2, 0.25) is 0 Å². The van der Waals surface area contributed by atoms with E-state index in [4.69, 9.17) is 5.73 Å². The first-order valence-corrected chi connectivity index (χ1v) is 5.46. The summed E-state index contributed by atoms with van der Waals surface area (Å²) in [6.07, 6.45) is 0. The fourth-order valence-corrected chi connectivity index (χ4v) is 2.10. The summed E-state index contributed by atoms with van der Waals surface area (Å²) >= 11 is 1.43. The van der Waals surface area contributed by atoms with E-state index in [0.29, 0.717) is 0 Å². The van der Waals surface area contributed by atoms with Crippen molar-refractivity contribution in [2.24, 2.45) is 5.73 Å². The smallest absolute Gasteiger partial charge is 0.194 e. The fourth-order valence-electron chi connectivity index (χ4n) is 1.40. The standard InChI is InChI=1S/C11H8F3NS.ClH/c12-8-3-7(4-9(13)10(8)14)11(15)6-1-2-16-5-6;/h1-5,11H,15H2;1H/t11-;/m0./s1. The summed E-state index contributed by atoms with van der Waals surface area (Å²) in [5.41, 5.74) is 6.76. The second kappa shape index (κ2) is 5.53. The largest absolute Gasteiger partial charge is 0.320 e. The van der Waals surface area contributed by atoms with Crippen molar-refractivity contribution in [3.8, 4) is 0 Å². The van der Waals surface area contributed by atoms with Crippen molar-refractivity contribution in [3.63, 3.8) is 0 Å². The topological polar surface area (TPSA) is 26.0 Å². The van der Waals surface area contributed by atoms with E-state index in [0.717, 1.165) is 17.7 Å². The molecule has 0 aliphatic rings. The van der Waals surface area contributed by atoms with Crippen LogP contribution < -0.4 is 5.73 Å². The fraction of sp³-hybridized carbons (Fsp3) is 0.0909. The van der Waals surface area contributed by atoms with Crippen molar-refractivity contribution in [3.05, 3.63) is 57.5 Å². The quantitative estimate of drug-likeness (QED) is 0.835. The highest BCUT2D eigenvalue weighted by Gasteiger charge is 2.16. The summed E-state index contributed by atoms with van der Waals surface area (Å²) in [6, 6.07) is 2.95. The lowest BCUT2D eigenvalue weighted by molar-refractivity contribution is 0.444. The summed E-state index contributed by atoms with van der Waals surface area (Å²) in [7, 11) is 0. The first-order valence-electron chi connectivity index (χ1n) is 4.51. The number of halogens is 4. The molecule has 0 saturated carbocycles. The number of hydrogen-bond acceptors (Lipinski definition) is 2. The van der Waals surface area contributed by atoms with Gasteiger partial charge in [-0.15, -0.1) is 12.4 Å². The summed E-state index contributed by atoms with van der Waals surface area (Å²) in [5, 5.41) is 3.59. The third-order valence-corrected chi connectivity index (χ3v) is 2.97. The molecule has 2 N–H and O–H groups in total. The van der Waals surface area contributed by atoms with E-state index in [1.54, 1.807) is 11.4 Å². The highest BCUT2D eigenvalue weighted by atomic mass is 35.5. The van der Waals surface area contributed by atoms with Crippen LogP contribution in [0.3, 0.4) is 0 Å². The maximum absolute atomic E-state index is 13.0. The molecule has 0 unspecified atom stereocenters. The normalized spacial score (nSPS) is 12.0. The van der Waals surface area contributed by atoms with E-state index in [9.17, 15) is 13.2 Å². The zero-order valence-corrected chi connectivity index (χ0v) is 10.1. The van der Waals surface area contributed by atoms with E-state index in [-0.39, 0.29) is 18.0 Å². The van der Waals surface area contributed by atoms with Gasteiger partial charge in [0.15, 0.2) is 17.5 Å². The molecule has 0 aliphatic carbocycles. The molecule has 0 saturated heterocycles. The zero-order chi connectivity index (χ0) is 11.7. The van der Waals surface area contributed by atoms with Crippen LogP contribution in [0.15, 0.2) is 29.0 Å². The van der Waals surface area contributed by atoms with E-state index in [2.05, 4.69) is 0 Å². The molecule has 1 nitrogen and oxygen atoms in total.